The molecule has 1 aliphatic rings. The summed E-state index contributed by atoms with van der Waals surface area (Å²) in [6, 6.07) is 4.49. The highest BCUT2D eigenvalue weighted by Crippen LogP contribution is 2.24. The average Bonchev–Trinajstić information content (AvgIpc) is 2.49. The summed E-state index contributed by atoms with van der Waals surface area (Å²) < 4.78 is 1.03. The van der Waals surface area contributed by atoms with Gasteiger partial charge in [0, 0.05) is 36.0 Å². The lowest BCUT2D eigenvalue weighted by Crippen LogP contribution is -2.40. The number of anilines is 2. The van der Waals surface area contributed by atoms with Crippen molar-refractivity contribution in [2.24, 2.45) is 0 Å². The second kappa shape index (κ2) is 6.39. The van der Waals surface area contributed by atoms with E-state index >= 15 is 0 Å². The normalized spacial score (nSPS) is 16.0. The van der Waals surface area contributed by atoms with Crippen LogP contribution in [0.5, 0.6) is 0 Å². The Morgan fingerprint density at radius 1 is 1.29 bits per heavy atom. The van der Waals surface area contributed by atoms with Crippen molar-refractivity contribution in [3.8, 4) is 0 Å². The number of hydrogen-bond donors (Lipinski definition) is 1. The lowest BCUT2D eigenvalue weighted by atomic mass is 10.0. The molecule has 0 saturated carbocycles. The zero-order valence-corrected chi connectivity index (χ0v) is 13.5. The predicted molar refractivity (Wildman–Crippen MR) is 87.6 cm³/mol. The van der Waals surface area contributed by atoms with Gasteiger partial charge in [0.15, 0.2) is 0 Å². The zero-order valence-electron chi connectivity index (χ0n) is 12.0. The third-order valence-electron chi connectivity index (χ3n) is 3.75. The van der Waals surface area contributed by atoms with Gasteiger partial charge in [-0.3, -0.25) is 0 Å². The number of nitrogens with one attached hydrogen (secondary N) is 1. The number of rotatable bonds is 3. The number of pyridine rings is 1. The Balaban J connectivity index is 1.60. The maximum absolute atomic E-state index is 4.55. The molecule has 1 saturated heterocycles. The molecule has 0 spiro atoms. The molecule has 2 aromatic heterocycles. The Labute approximate surface area is 133 Å². The summed E-state index contributed by atoms with van der Waals surface area (Å²) in [6.07, 6.45) is 7.38. The third kappa shape index (κ3) is 3.50. The van der Waals surface area contributed by atoms with Crippen LogP contribution >= 0.6 is 15.9 Å². The first-order valence-corrected chi connectivity index (χ1v) is 7.91. The first kappa shape index (κ1) is 14.3. The van der Waals surface area contributed by atoms with Crippen molar-refractivity contribution >= 4 is 27.6 Å². The first-order chi connectivity index (χ1) is 10.2. The predicted octanol–water partition coefficient (Wildman–Crippen LogP) is 3.02. The quantitative estimate of drug-likeness (QED) is 0.924. The van der Waals surface area contributed by atoms with Gasteiger partial charge in [0.1, 0.15) is 18.0 Å². The highest BCUT2D eigenvalue weighted by atomic mass is 79.9. The summed E-state index contributed by atoms with van der Waals surface area (Å²) in [4.78, 5) is 15.1. The molecule has 21 heavy (non-hydrogen) atoms. The van der Waals surface area contributed by atoms with Crippen molar-refractivity contribution in [3.63, 3.8) is 0 Å². The molecule has 3 heterocycles. The molecule has 0 bridgehead atoms. The molecule has 3 rings (SSSR count). The molecule has 5 nitrogen and oxygen atoms in total. The molecule has 1 N–H and O–H groups in total. The van der Waals surface area contributed by atoms with Gasteiger partial charge < -0.3 is 10.2 Å². The van der Waals surface area contributed by atoms with Crippen LogP contribution in [0.25, 0.3) is 0 Å². The number of aryl methyl sites for hydroxylation is 1. The second-order valence-electron chi connectivity index (χ2n) is 5.29. The van der Waals surface area contributed by atoms with Crippen molar-refractivity contribution in [2.75, 3.05) is 23.3 Å². The SMILES string of the molecule is Cc1cc(Br)cnc1N1CCC(Nc2ccncn2)CC1. The van der Waals surface area contributed by atoms with Crippen molar-refractivity contribution in [3.05, 3.63) is 40.9 Å². The maximum Gasteiger partial charge on any atom is 0.131 e. The Morgan fingerprint density at radius 3 is 2.76 bits per heavy atom. The monoisotopic (exact) mass is 347 g/mol. The zero-order chi connectivity index (χ0) is 14.7. The van der Waals surface area contributed by atoms with Crippen molar-refractivity contribution < 1.29 is 0 Å². The van der Waals surface area contributed by atoms with Crippen LogP contribution in [0.2, 0.25) is 0 Å². The minimum absolute atomic E-state index is 0.465. The molecular formula is C15H18BrN5. The number of aromatic nitrogens is 3. The summed E-state index contributed by atoms with van der Waals surface area (Å²) in [7, 11) is 0. The van der Waals surface area contributed by atoms with Gasteiger partial charge >= 0.3 is 0 Å². The van der Waals surface area contributed by atoms with E-state index in [1.54, 1.807) is 12.5 Å². The number of hydrogen-bond acceptors (Lipinski definition) is 5. The van der Waals surface area contributed by atoms with Crippen molar-refractivity contribution in [2.45, 2.75) is 25.8 Å². The summed E-state index contributed by atoms with van der Waals surface area (Å²) in [5.41, 5.74) is 1.21. The fraction of sp³-hybridized carbons (Fsp3) is 0.400. The highest BCUT2D eigenvalue weighted by Gasteiger charge is 2.21. The fourth-order valence-electron chi connectivity index (χ4n) is 2.69. The van der Waals surface area contributed by atoms with Crippen LogP contribution < -0.4 is 10.2 Å². The molecule has 2 aromatic rings. The van der Waals surface area contributed by atoms with Gasteiger partial charge in [-0.1, -0.05) is 0 Å². The molecule has 0 amide bonds. The second-order valence-corrected chi connectivity index (χ2v) is 6.21. The summed E-state index contributed by atoms with van der Waals surface area (Å²) >= 11 is 3.46. The van der Waals surface area contributed by atoms with E-state index in [-0.39, 0.29) is 0 Å². The van der Waals surface area contributed by atoms with Crippen LogP contribution in [0.15, 0.2) is 35.3 Å². The topological polar surface area (TPSA) is 53.9 Å². The van der Waals surface area contributed by atoms with Crippen molar-refractivity contribution in [1.29, 1.82) is 0 Å². The number of piperidine rings is 1. The van der Waals surface area contributed by atoms with Gasteiger partial charge in [-0.15, -0.1) is 0 Å². The van der Waals surface area contributed by atoms with Crippen molar-refractivity contribution in [1.82, 2.24) is 15.0 Å². The van der Waals surface area contributed by atoms with E-state index in [1.807, 2.05) is 12.3 Å². The molecule has 0 aliphatic carbocycles. The Morgan fingerprint density at radius 2 is 2.10 bits per heavy atom. The molecule has 110 valence electrons. The molecule has 1 aliphatic heterocycles. The van der Waals surface area contributed by atoms with Crippen LogP contribution in [0.1, 0.15) is 18.4 Å². The van der Waals surface area contributed by atoms with E-state index in [1.165, 1.54) is 5.56 Å². The minimum atomic E-state index is 0.465. The van der Waals surface area contributed by atoms with E-state index in [9.17, 15) is 0 Å². The van der Waals surface area contributed by atoms with Gasteiger partial charge in [0.05, 0.1) is 0 Å². The molecule has 0 unspecified atom stereocenters. The average molecular weight is 348 g/mol. The third-order valence-corrected chi connectivity index (χ3v) is 4.18. The van der Waals surface area contributed by atoms with Crippen LogP contribution in [-0.2, 0) is 0 Å². The maximum atomic E-state index is 4.55. The standard InChI is InChI=1S/C15H18BrN5/c1-11-8-12(16)9-18-15(11)21-6-3-13(4-7-21)20-14-2-5-17-10-19-14/h2,5,8-10,13H,3-4,6-7H2,1H3,(H,17,19,20). The Hall–Kier alpha value is -1.69. The van der Waals surface area contributed by atoms with Gasteiger partial charge in [-0.05, 0) is 53.4 Å². The summed E-state index contributed by atoms with van der Waals surface area (Å²) in [5.74, 6) is 2.00. The fourth-order valence-corrected chi connectivity index (χ4v) is 3.13. The van der Waals surface area contributed by atoms with Gasteiger partial charge in [-0.2, -0.15) is 0 Å². The van der Waals surface area contributed by atoms with Crippen LogP contribution in [0.4, 0.5) is 11.6 Å². The Kier molecular flexibility index (Phi) is 4.34. The minimum Gasteiger partial charge on any atom is -0.367 e. The van der Waals surface area contributed by atoms with Crippen LogP contribution in [-0.4, -0.2) is 34.1 Å². The number of nitrogens with zero attached hydrogens (tertiary/aromatic N) is 4. The largest absolute Gasteiger partial charge is 0.367 e. The molecular weight excluding hydrogens is 330 g/mol. The van der Waals surface area contributed by atoms with Crippen LogP contribution in [0, 0.1) is 6.92 Å². The summed E-state index contributed by atoms with van der Waals surface area (Å²) in [6.45, 7) is 4.13. The first-order valence-electron chi connectivity index (χ1n) is 7.12. The smallest absolute Gasteiger partial charge is 0.131 e. The van der Waals surface area contributed by atoms with E-state index in [0.717, 1.165) is 42.0 Å². The van der Waals surface area contributed by atoms with Gasteiger partial charge in [0.2, 0.25) is 0 Å². The molecule has 0 aromatic carbocycles. The van der Waals surface area contributed by atoms with Gasteiger partial charge in [0.25, 0.3) is 0 Å². The van der Waals surface area contributed by atoms with E-state index in [4.69, 9.17) is 0 Å². The van der Waals surface area contributed by atoms with Crippen LogP contribution in [0.3, 0.4) is 0 Å². The van der Waals surface area contributed by atoms with Gasteiger partial charge in [-0.25, -0.2) is 15.0 Å². The Bertz CT molecular complexity index is 596. The molecule has 0 radical (unpaired) electrons. The lowest BCUT2D eigenvalue weighted by molar-refractivity contribution is 0.521. The molecule has 1 fully saturated rings. The highest BCUT2D eigenvalue weighted by molar-refractivity contribution is 9.10. The van der Waals surface area contributed by atoms with E-state index in [2.05, 4.69) is 54.1 Å². The van der Waals surface area contributed by atoms with E-state index < -0.39 is 0 Å². The summed E-state index contributed by atoms with van der Waals surface area (Å²) in [5, 5.41) is 3.47. The molecule has 6 heteroatoms. The lowest BCUT2D eigenvalue weighted by Gasteiger charge is -2.34. The molecule has 0 atom stereocenters. The van der Waals surface area contributed by atoms with E-state index in [0.29, 0.717) is 6.04 Å². The number of halogens is 1.